The normalized spacial score (nSPS) is 14.8. The summed E-state index contributed by atoms with van der Waals surface area (Å²) < 4.78 is 12.8. The third-order valence-corrected chi connectivity index (χ3v) is 7.38. The van der Waals surface area contributed by atoms with E-state index in [2.05, 4.69) is 26.9 Å². The van der Waals surface area contributed by atoms with Gasteiger partial charge in [-0.05, 0) is 29.8 Å². The molecule has 0 spiro atoms. The highest BCUT2D eigenvalue weighted by Gasteiger charge is 2.23. The van der Waals surface area contributed by atoms with E-state index >= 15 is 0 Å². The van der Waals surface area contributed by atoms with E-state index in [1.54, 1.807) is 18.4 Å². The molecule has 1 aromatic heterocycles. The Balaban J connectivity index is 1.67. The zero-order chi connectivity index (χ0) is 21.3. The number of thiophene rings is 1. The number of anilines is 1. The Bertz CT molecular complexity index is 1070. The minimum atomic E-state index is 0.0359. The second-order valence-corrected chi connectivity index (χ2v) is 9.45. The average Bonchev–Trinajstić information content (AvgIpc) is 3.14. The lowest BCUT2D eigenvalue weighted by Crippen LogP contribution is -2.35. The average molecular weight is 489 g/mol. The molecule has 0 radical (unpaired) electrons. The second kappa shape index (κ2) is 9.06. The van der Waals surface area contributed by atoms with Crippen LogP contribution in [0.15, 0.2) is 40.9 Å². The number of halogens is 1. The number of methoxy groups -OCH3 is 1. The predicted molar refractivity (Wildman–Crippen MR) is 126 cm³/mol. The molecule has 0 saturated carbocycles. The Morgan fingerprint density at radius 1 is 1.20 bits per heavy atom. The van der Waals surface area contributed by atoms with E-state index in [1.165, 1.54) is 5.56 Å². The highest BCUT2D eigenvalue weighted by molar-refractivity contribution is 9.10. The van der Waals surface area contributed by atoms with Crippen LogP contribution in [-0.2, 0) is 11.3 Å². The topological polar surface area (TPSA) is 42.0 Å². The quantitative estimate of drug-likeness (QED) is 0.466. The molecule has 0 N–H and O–H groups in total. The van der Waals surface area contributed by atoms with E-state index in [1.807, 2.05) is 49.3 Å². The molecule has 1 aliphatic rings. The summed E-state index contributed by atoms with van der Waals surface area (Å²) in [7, 11) is 5.60. The number of hydrogen-bond acceptors (Lipinski definition) is 6. The van der Waals surface area contributed by atoms with Crippen LogP contribution in [0.1, 0.15) is 21.5 Å². The van der Waals surface area contributed by atoms with Crippen molar-refractivity contribution in [1.29, 1.82) is 0 Å². The van der Waals surface area contributed by atoms with Gasteiger partial charge in [-0.25, -0.2) is 0 Å². The molecule has 0 aliphatic carbocycles. The van der Waals surface area contributed by atoms with Gasteiger partial charge in [0.1, 0.15) is 10.8 Å². The smallest absolute Gasteiger partial charge is 0.196 e. The van der Waals surface area contributed by atoms with Crippen LogP contribution in [0, 0.1) is 0 Å². The summed E-state index contributed by atoms with van der Waals surface area (Å²) in [5.41, 5.74) is 2.61. The number of morpholine rings is 1. The highest BCUT2D eigenvalue weighted by atomic mass is 79.9. The molecule has 5 nitrogen and oxygen atoms in total. The van der Waals surface area contributed by atoms with Crippen molar-refractivity contribution in [3.8, 4) is 5.75 Å². The van der Waals surface area contributed by atoms with Gasteiger partial charge in [0.15, 0.2) is 5.78 Å². The molecule has 1 aliphatic heterocycles. The lowest BCUT2D eigenvalue weighted by atomic mass is 10.00. The highest BCUT2D eigenvalue weighted by Crippen LogP contribution is 2.40. The van der Waals surface area contributed by atoms with Crippen molar-refractivity contribution in [3.63, 3.8) is 0 Å². The molecule has 3 aromatic rings. The van der Waals surface area contributed by atoms with Crippen LogP contribution in [0.25, 0.3) is 10.1 Å². The number of rotatable bonds is 6. The van der Waals surface area contributed by atoms with Gasteiger partial charge in [-0.1, -0.05) is 28.1 Å². The summed E-state index contributed by atoms with van der Waals surface area (Å²) in [6, 6.07) is 11.8. The van der Waals surface area contributed by atoms with E-state index in [0.717, 1.165) is 63.7 Å². The molecule has 158 valence electrons. The van der Waals surface area contributed by atoms with Crippen molar-refractivity contribution in [2.24, 2.45) is 0 Å². The number of benzene rings is 2. The van der Waals surface area contributed by atoms with Gasteiger partial charge < -0.3 is 14.4 Å². The SMILES string of the molecule is COc1ccc2c(C(=O)c3ccc(CN4CCOCC4)c(Br)c3)c(N(C)C)sc2c1. The fraction of sp³-hybridized carbons (Fsp3) is 0.348. The maximum absolute atomic E-state index is 13.6. The minimum Gasteiger partial charge on any atom is -0.497 e. The number of carbonyl (C=O) groups excluding carboxylic acids is 1. The molecular weight excluding hydrogens is 464 g/mol. The van der Waals surface area contributed by atoms with Crippen molar-refractivity contribution >= 4 is 48.1 Å². The zero-order valence-corrected chi connectivity index (χ0v) is 19.8. The zero-order valence-electron chi connectivity index (χ0n) is 17.4. The molecule has 0 atom stereocenters. The van der Waals surface area contributed by atoms with Crippen LogP contribution < -0.4 is 9.64 Å². The van der Waals surface area contributed by atoms with Crippen LogP contribution in [0.4, 0.5) is 5.00 Å². The van der Waals surface area contributed by atoms with Gasteiger partial charge in [-0.15, -0.1) is 11.3 Å². The maximum Gasteiger partial charge on any atom is 0.196 e. The number of carbonyl (C=O) groups is 1. The predicted octanol–water partition coefficient (Wildman–Crippen LogP) is 4.80. The van der Waals surface area contributed by atoms with Gasteiger partial charge in [0.05, 0.1) is 25.9 Å². The molecule has 0 amide bonds. The number of hydrogen-bond donors (Lipinski definition) is 0. The summed E-state index contributed by atoms with van der Waals surface area (Å²) in [6.07, 6.45) is 0. The van der Waals surface area contributed by atoms with Crippen molar-refractivity contribution < 1.29 is 14.3 Å². The van der Waals surface area contributed by atoms with Crippen LogP contribution in [0.3, 0.4) is 0 Å². The summed E-state index contributed by atoms with van der Waals surface area (Å²) in [5.74, 6) is 0.831. The number of ether oxygens (including phenoxy) is 2. The van der Waals surface area contributed by atoms with Crippen molar-refractivity contribution in [1.82, 2.24) is 4.90 Å². The summed E-state index contributed by atoms with van der Waals surface area (Å²) >= 11 is 5.30. The molecule has 7 heteroatoms. The standard InChI is InChI=1S/C23H25BrN2O3S/c1-25(2)23-21(18-7-6-17(28-3)13-20(18)30-23)22(27)15-4-5-16(19(24)12-15)14-26-8-10-29-11-9-26/h4-7,12-13H,8-11,14H2,1-3H3. The molecule has 30 heavy (non-hydrogen) atoms. The molecule has 4 rings (SSSR count). The number of nitrogens with zero attached hydrogens (tertiary/aromatic N) is 2. The second-order valence-electron chi connectivity index (χ2n) is 7.56. The van der Waals surface area contributed by atoms with Gasteiger partial charge in [0.25, 0.3) is 0 Å². The van der Waals surface area contributed by atoms with Crippen LogP contribution in [-0.4, -0.2) is 58.2 Å². The molecular formula is C23H25BrN2O3S. The third kappa shape index (κ3) is 4.25. The largest absolute Gasteiger partial charge is 0.497 e. The molecule has 2 heterocycles. The van der Waals surface area contributed by atoms with Gasteiger partial charge in [-0.2, -0.15) is 0 Å². The van der Waals surface area contributed by atoms with Gasteiger partial charge >= 0.3 is 0 Å². The van der Waals surface area contributed by atoms with Crippen molar-refractivity contribution in [2.75, 3.05) is 52.4 Å². The van der Waals surface area contributed by atoms with Gasteiger partial charge in [-0.3, -0.25) is 9.69 Å². The first-order valence-electron chi connectivity index (χ1n) is 9.89. The van der Waals surface area contributed by atoms with Crippen LogP contribution in [0.5, 0.6) is 5.75 Å². The first-order valence-corrected chi connectivity index (χ1v) is 11.5. The maximum atomic E-state index is 13.6. The molecule has 0 unspecified atom stereocenters. The monoisotopic (exact) mass is 488 g/mol. The van der Waals surface area contributed by atoms with E-state index in [9.17, 15) is 4.79 Å². The lowest BCUT2D eigenvalue weighted by Gasteiger charge is -2.27. The molecule has 1 saturated heterocycles. The molecule has 2 aromatic carbocycles. The van der Waals surface area contributed by atoms with Gasteiger partial charge in [0, 0.05) is 53.9 Å². The Hall–Kier alpha value is -1.93. The Labute approximate surface area is 189 Å². The Morgan fingerprint density at radius 3 is 2.63 bits per heavy atom. The summed E-state index contributed by atoms with van der Waals surface area (Å²) in [4.78, 5) is 17.9. The van der Waals surface area contributed by atoms with Crippen molar-refractivity contribution in [3.05, 3.63) is 57.6 Å². The van der Waals surface area contributed by atoms with Gasteiger partial charge in [0.2, 0.25) is 0 Å². The summed E-state index contributed by atoms with van der Waals surface area (Å²) in [5, 5.41) is 1.92. The first-order chi connectivity index (χ1) is 14.5. The summed E-state index contributed by atoms with van der Waals surface area (Å²) in [6.45, 7) is 4.27. The fourth-order valence-corrected chi connectivity index (χ4v) is 5.34. The third-order valence-electron chi connectivity index (χ3n) is 5.32. The molecule has 0 bridgehead atoms. The Kier molecular flexibility index (Phi) is 6.43. The minimum absolute atomic E-state index is 0.0359. The van der Waals surface area contributed by atoms with E-state index < -0.39 is 0 Å². The number of ketones is 1. The van der Waals surface area contributed by atoms with Crippen LogP contribution >= 0.6 is 27.3 Å². The number of fused-ring (bicyclic) bond motifs is 1. The van der Waals surface area contributed by atoms with E-state index in [4.69, 9.17) is 9.47 Å². The van der Waals surface area contributed by atoms with Crippen molar-refractivity contribution in [2.45, 2.75) is 6.54 Å². The Morgan fingerprint density at radius 2 is 1.97 bits per heavy atom. The van der Waals surface area contributed by atoms with E-state index in [-0.39, 0.29) is 5.78 Å². The first kappa shape index (κ1) is 21.3. The molecule has 1 fully saturated rings. The lowest BCUT2D eigenvalue weighted by molar-refractivity contribution is 0.0341. The van der Waals surface area contributed by atoms with E-state index in [0.29, 0.717) is 5.56 Å². The fourth-order valence-electron chi connectivity index (χ4n) is 3.69. The van der Waals surface area contributed by atoms with Crippen LogP contribution in [0.2, 0.25) is 0 Å².